The summed E-state index contributed by atoms with van der Waals surface area (Å²) in [6, 6.07) is 15.6. The van der Waals surface area contributed by atoms with Gasteiger partial charge >= 0.3 is 5.97 Å². The smallest absolute Gasteiger partial charge is 0.306 e. The molecule has 2 aromatic rings. The fourth-order valence-electron chi connectivity index (χ4n) is 6.36. The predicted molar refractivity (Wildman–Crippen MR) is 157 cm³/mol. The molecule has 10 nitrogen and oxygen atoms in total. The molecule has 230 valence electrons. The van der Waals surface area contributed by atoms with Crippen LogP contribution in [-0.2, 0) is 35.4 Å². The number of carbonyl (C=O) groups excluding carboxylic acids is 1. The van der Waals surface area contributed by atoms with Gasteiger partial charge in [0.25, 0.3) is 10.0 Å². The number of hydrogen-bond acceptors (Lipinski definition) is 9. The number of sulfonamides is 1. The van der Waals surface area contributed by atoms with Crippen molar-refractivity contribution in [1.29, 1.82) is 0 Å². The lowest BCUT2D eigenvalue weighted by atomic mass is 9.90. The SMILES string of the molecule is CC(C)CCN(C[C@@H](O)[C@@H](CC(=O)OC1C2COC3OCC1C3C2)Cc1ccccc1)NS(=O)(=O)c1ccc(N)cc1. The third-order valence-corrected chi connectivity index (χ3v) is 10.1. The molecule has 0 aromatic heterocycles. The highest BCUT2D eigenvalue weighted by Gasteiger charge is 2.56. The van der Waals surface area contributed by atoms with E-state index in [2.05, 4.69) is 18.7 Å². The zero-order valence-corrected chi connectivity index (χ0v) is 25.1. The lowest BCUT2D eigenvalue weighted by molar-refractivity contribution is -0.178. The summed E-state index contributed by atoms with van der Waals surface area (Å²) < 4.78 is 44.0. The zero-order chi connectivity index (χ0) is 29.9. The topological polar surface area (TPSA) is 140 Å². The Morgan fingerprint density at radius 3 is 2.52 bits per heavy atom. The van der Waals surface area contributed by atoms with E-state index in [9.17, 15) is 18.3 Å². The third-order valence-electron chi connectivity index (χ3n) is 8.69. The molecule has 1 aliphatic carbocycles. The minimum Gasteiger partial charge on any atom is -0.462 e. The summed E-state index contributed by atoms with van der Waals surface area (Å²) in [4.78, 5) is 16.1. The Balaban J connectivity index is 1.29. The fourth-order valence-corrected chi connectivity index (χ4v) is 7.46. The molecular weight excluding hydrogens is 558 g/mol. The normalized spacial score (nSPS) is 26.5. The van der Waals surface area contributed by atoms with E-state index >= 15 is 0 Å². The van der Waals surface area contributed by atoms with E-state index in [0.717, 1.165) is 12.0 Å². The Kier molecular flexibility index (Phi) is 9.86. The Bertz CT molecular complexity index is 1290. The van der Waals surface area contributed by atoms with Gasteiger partial charge in [0.1, 0.15) is 6.10 Å². The van der Waals surface area contributed by atoms with Crippen molar-refractivity contribution in [3.05, 3.63) is 60.2 Å². The highest BCUT2D eigenvalue weighted by Crippen LogP contribution is 2.49. The van der Waals surface area contributed by atoms with Gasteiger partial charge in [-0.3, -0.25) is 4.79 Å². The molecule has 42 heavy (non-hydrogen) atoms. The number of aliphatic hydroxyl groups excluding tert-OH is 1. The number of carbonyl (C=O) groups is 1. The van der Waals surface area contributed by atoms with Crippen LogP contribution in [0.3, 0.4) is 0 Å². The molecule has 11 heteroatoms. The van der Waals surface area contributed by atoms with E-state index in [1.807, 2.05) is 30.3 Å². The van der Waals surface area contributed by atoms with Crippen molar-refractivity contribution in [2.75, 3.05) is 32.0 Å². The molecule has 2 heterocycles. The number of nitrogen functional groups attached to an aromatic ring is 1. The minimum absolute atomic E-state index is 0.00451. The number of hydrogen-bond donors (Lipinski definition) is 3. The summed E-state index contributed by atoms with van der Waals surface area (Å²) in [5, 5.41) is 13.1. The number of fused-ring (bicyclic) bond motifs is 1. The molecule has 2 bridgehead atoms. The van der Waals surface area contributed by atoms with Crippen LogP contribution in [0.2, 0.25) is 0 Å². The van der Waals surface area contributed by atoms with Crippen molar-refractivity contribution in [2.24, 2.45) is 29.6 Å². The van der Waals surface area contributed by atoms with E-state index < -0.39 is 22.0 Å². The van der Waals surface area contributed by atoms with Crippen molar-refractivity contribution >= 4 is 21.7 Å². The molecule has 5 rings (SSSR count). The maximum absolute atomic E-state index is 13.4. The van der Waals surface area contributed by atoms with Gasteiger partial charge in [0, 0.05) is 42.4 Å². The van der Waals surface area contributed by atoms with E-state index in [4.69, 9.17) is 19.9 Å². The summed E-state index contributed by atoms with van der Waals surface area (Å²) in [6.45, 7) is 5.55. The lowest BCUT2D eigenvalue weighted by Crippen LogP contribution is -2.48. The highest BCUT2D eigenvalue weighted by molar-refractivity contribution is 7.89. The molecule has 0 radical (unpaired) electrons. The average molecular weight is 602 g/mol. The van der Waals surface area contributed by atoms with Gasteiger partial charge < -0.3 is 25.1 Å². The largest absolute Gasteiger partial charge is 0.462 e. The van der Waals surface area contributed by atoms with Gasteiger partial charge in [-0.15, -0.1) is 4.83 Å². The first-order valence-electron chi connectivity index (χ1n) is 14.9. The first-order valence-corrected chi connectivity index (χ1v) is 16.3. The number of nitrogens with two attached hydrogens (primary N) is 1. The van der Waals surface area contributed by atoms with Crippen LogP contribution in [0.1, 0.15) is 38.7 Å². The molecule has 5 unspecified atom stereocenters. The van der Waals surface area contributed by atoms with Gasteiger partial charge in [-0.05, 0) is 55.0 Å². The van der Waals surface area contributed by atoms with Crippen molar-refractivity contribution in [3.63, 3.8) is 0 Å². The van der Waals surface area contributed by atoms with Crippen LogP contribution in [0.15, 0.2) is 59.5 Å². The maximum Gasteiger partial charge on any atom is 0.306 e. The van der Waals surface area contributed by atoms with Crippen molar-refractivity contribution < 1.29 is 32.5 Å². The van der Waals surface area contributed by atoms with Gasteiger partial charge in [0.15, 0.2) is 6.29 Å². The molecule has 3 fully saturated rings. The van der Waals surface area contributed by atoms with Crippen molar-refractivity contribution in [1.82, 2.24) is 9.84 Å². The molecule has 7 atom stereocenters. The Labute approximate surface area is 248 Å². The standard InChI is InChI=1S/C31H43N3O7S/c1-20(2)12-13-34(33-42(37,38)25-10-8-24(32)9-11-25)17-28(35)22(14-21-6-4-3-5-7-21)16-29(36)41-30-23-15-26-27(30)19-40-31(26)39-18-23/h3-11,20,22-23,26-28,30-31,33,35H,12-19,32H2,1-2H3/t22-,23?,26?,27?,28-,30?,31?/m1/s1. The summed E-state index contributed by atoms with van der Waals surface area (Å²) in [5.41, 5.74) is 7.18. The predicted octanol–water partition coefficient (Wildman–Crippen LogP) is 2.97. The number of rotatable bonds is 14. The molecule has 0 amide bonds. The first-order chi connectivity index (χ1) is 20.1. The Hall–Kier alpha value is -2.54. The molecule has 4 N–H and O–H groups in total. The zero-order valence-electron chi connectivity index (χ0n) is 24.3. The van der Waals surface area contributed by atoms with E-state index in [1.165, 1.54) is 29.3 Å². The number of anilines is 1. The molecule has 2 saturated heterocycles. The van der Waals surface area contributed by atoms with Gasteiger partial charge in [0.05, 0.1) is 30.6 Å². The third kappa shape index (κ3) is 7.50. The quantitative estimate of drug-likeness (QED) is 0.169. The Morgan fingerprint density at radius 1 is 1.10 bits per heavy atom. The number of benzene rings is 2. The van der Waals surface area contributed by atoms with E-state index in [-0.39, 0.29) is 54.0 Å². The molecule has 2 aromatic carbocycles. The molecule has 3 aliphatic rings. The Morgan fingerprint density at radius 2 is 1.81 bits per heavy atom. The van der Waals surface area contributed by atoms with Crippen molar-refractivity contribution in [2.45, 2.75) is 62.9 Å². The summed E-state index contributed by atoms with van der Waals surface area (Å²) in [5.74, 6) is 0.0129. The molecule has 2 aliphatic heterocycles. The van der Waals surface area contributed by atoms with Gasteiger partial charge in [-0.1, -0.05) is 44.2 Å². The number of nitrogens with zero attached hydrogens (tertiary/aromatic N) is 1. The summed E-state index contributed by atoms with van der Waals surface area (Å²) >= 11 is 0. The number of nitrogens with one attached hydrogen (secondary N) is 1. The molecule has 1 saturated carbocycles. The number of ether oxygens (including phenoxy) is 3. The van der Waals surface area contributed by atoms with E-state index in [0.29, 0.717) is 44.2 Å². The van der Waals surface area contributed by atoms with Gasteiger partial charge in [-0.2, -0.15) is 0 Å². The fraction of sp³-hybridized carbons (Fsp3) is 0.581. The van der Waals surface area contributed by atoms with Crippen LogP contribution in [-0.4, -0.2) is 69.3 Å². The highest BCUT2D eigenvalue weighted by atomic mass is 32.2. The van der Waals surface area contributed by atoms with Gasteiger partial charge in [0.2, 0.25) is 0 Å². The minimum atomic E-state index is -3.91. The second-order valence-corrected chi connectivity index (χ2v) is 14.0. The van der Waals surface area contributed by atoms with Crippen LogP contribution in [0.5, 0.6) is 0 Å². The number of hydrazine groups is 1. The number of esters is 1. The van der Waals surface area contributed by atoms with Crippen LogP contribution < -0.4 is 10.6 Å². The van der Waals surface area contributed by atoms with Gasteiger partial charge in [-0.25, -0.2) is 13.4 Å². The molecule has 0 spiro atoms. The second kappa shape index (κ2) is 13.4. The average Bonchev–Trinajstić information content (AvgIpc) is 3.48. The second-order valence-electron chi connectivity index (χ2n) is 12.3. The van der Waals surface area contributed by atoms with Crippen LogP contribution in [0.4, 0.5) is 5.69 Å². The summed E-state index contributed by atoms with van der Waals surface area (Å²) in [6.07, 6.45) is 0.625. The number of aliphatic hydroxyl groups is 1. The maximum atomic E-state index is 13.4. The van der Waals surface area contributed by atoms with Crippen LogP contribution in [0, 0.1) is 29.6 Å². The summed E-state index contributed by atoms with van der Waals surface area (Å²) in [7, 11) is -3.91. The van der Waals surface area contributed by atoms with E-state index in [1.54, 1.807) is 0 Å². The van der Waals surface area contributed by atoms with Crippen LogP contribution >= 0.6 is 0 Å². The molecular formula is C31H43N3O7S. The van der Waals surface area contributed by atoms with Crippen LogP contribution in [0.25, 0.3) is 0 Å². The monoisotopic (exact) mass is 601 g/mol. The first kappa shape index (κ1) is 30.9. The lowest BCUT2D eigenvalue weighted by Gasteiger charge is -2.31. The van der Waals surface area contributed by atoms with Crippen molar-refractivity contribution in [3.8, 4) is 0 Å².